The van der Waals surface area contributed by atoms with Crippen molar-refractivity contribution in [2.45, 2.75) is 25.3 Å². The minimum absolute atomic E-state index is 0.287. The quantitative estimate of drug-likeness (QED) is 0.558. The van der Waals surface area contributed by atoms with Crippen LogP contribution in [0.2, 0.25) is 0 Å². The van der Waals surface area contributed by atoms with Crippen LogP contribution in [0.1, 0.15) is 23.2 Å². The lowest BCUT2D eigenvalue weighted by atomic mass is 10.1. The Bertz CT molecular complexity index is 735. The molecule has 2 rings (SSSR count). The van der Waals surface area contributed by atoms with E-state index in [1.54, 1.807) is 17.4 Å². The molecule has 1 amide bonds. The molecule has 0 radical (unpaired) electrons. The van der Waals surface area contributed by atoms with Crippen molar-refractivity contribution in [2.24, 2.45) is 0 Å². The number of nitrogens with one attached hydrogen (secondary N) is 1. The van der Waals surface area contributed by atoms with Crippen LogP contribution < -0.4 is 10.6 Å². The van der Waals surface area contributed by atoms with Crippen LogP contribution in [-0.4, -0.2) is 35.3 Å². The van der Waals surface area contributed by atoms with Crippen molar-refractivity contribution < 1.29 is 37.2 Å². The molecule has 0 aliphatic carbocycles. The molecule has 0 saturated carbocycles. The standard InChI is InChI=1S/C16H16F3N3O4/c1-2-25-14(24)15(16(17,18)19,21-10-11-6-3-4-8-20-11)22-13(23)12-7-5-9-26-12/h3-9,21H,2,10H2,1H3,(H,22,23)/p+1/t15-/m1/s1. The average Bonchev–Trinajstić information content (AvgIpc) is 3.13. The van der Waals surface area contributed by atoms with Crippen molar-refractivity contribution in [2.75, 3.05) is 6.61 Å². The minimum Gasteiger partial charge on any atom is -0.460 e. The fraction of sp³-hybridized carbons (Fsp3) is 0.312. The molecule has 0 fully saturated rings. The molecule has 2 heterocycles. The van der Waals surface area contributed by atoms with E-state index in [2.05, 4.69) is 9.72 Å². The van der Waals surface area contributed by atoms with Crippen LogP contribution >= 0.6 is 0 Å². The lowest BCUT2D eigenvalue weighted by molar-refractivity contribution is -0.757. The van der Waals surface area contributed by atoms with Gasteiger partial charge in [0.05, 0.1) is 18.6 Å². The van der Waals surface area contributed by atoms with Gasteiger partial charge >= 0.3 is 17.8 Å². The van der Waals surface area contributed by atoms with Gasteiger partial charge in [-0.1, -0.05) is 6.07 Å². The molecule has 2 aromatic rings. The number of ether oxygens (including phenoxy) is 1. The Morgan fingerprint density at radius 1 is 1.27 bits per heavy atom. The van der Waals surface area contributed by atoms with Gasteiger partial charge in [-0.2, -0.15) is 13.2 Å². The van der Waals surface area contributed by atoms with E-state index in [9.17, 15) is 22.8 Å². The van der Waals surface area contributed by atoms with Gasteiger partial charge in [-0.25, -0.2) is 4.79 Å². The summed E-state index contributed by atoms with van der Waals surface area (Å²) in [5.74, 6) is -3.20. The normalized spacial score (nSPS) is 13.7. The number of aromatic nitrogens is 1. The first-order chi connectivity index (χ1) is 12.3. The highest BCUT2D eigenvalue weighted by Crippen LogP contribution is 2.27. The van der Waals surface area contributed by atoms with Gasteiger partial charge in [-0.05, 0) is 31.2 Å². The molecule has 0 aliphatic rings. The topological polar surface area (TPSA) is 98.0 Å². The van der Waals surface area contributed by atoms with Crippen LogP contribution in [0.5, 0.6) is 0 Å². The first-order valence-electron chi connectivity index (χ1n) is 7.64. The van der Waals surface area contributed by atoms with E-state index in [4.69, 9.17) is 4.42 Å². The van der Waals surface area contributed by atoms with Gasteiger partial charge in [0, 0.05) is 6.20 Å². The Morgan fingerprint density at radius 3 is 2.58 bits per heavy atom. The summed E-state index contributed by atoms with van der Waals surface area (Å²) in [6.07, 6.45) is -2.60. The zero-order chi connectivity index (χ0) is 19.2. The summed E-state index contributed by atoms with van der Waals surface area (Å²) >= 11 is 0. The highest BCUT2D eigenvalue weighted by Gasteiger charge is 2.67. The highest BCUT2D eigenvalue weighted by molar-refractivity contribution is 5.95. The lowest BCUT2D eigenvalue weighted by Gasteiger charge is -2.30. The van der Waals surface area contributed by atoms with Gasteiger partial charge in [-0.15, -0.1) is 0 Å². The minimum atomic E-state index is -5.14. The molecule has 26 heavy (non-hydrogen) atoms. The zero-order valence-corrected chi connectivity index (χ0v) is 13.7. The van der Waals surface area contributed by atoms with E-state index in [1.807, 2.05) is 0 Å². The van der Waals surface area contributed by atoms with Crippen molar-refractivity contribution in [1.29, 1.82) is 0 Å². The number of alkyl halides is 3. The summed E-state index contributed by atoms with van der Waals surface area (Å²) in [4.78, 5) is 28.3. The molecule has 10 heteroatoms. The maximum Gasteiger partial charge on any atom is 0.478 e. The average molecular weight is 372 g/mol. The van der Waals surface area contributed by atoms with Crippen molar-refractivity contribution >= 4 is 11.9 Å². The van der Waals surface area contributed by atoms with E-state index in [0.717, 1.165) is 6.26 Å². The number of quaternary nitrogens is 1. The molecule has 0 saturated heterocycles. The number of rotatable bonds is 7. The smallest absolute Gasteiger partial charge is 0.460 e. The summed E-state index contributed by atoms with van der Waals surface area (Å²) in [7, 11) is 0. The van der Waals surface area contributed by atoms with Crippen LogP contribution in [-0.2, 0) is 16.1 Å². The molecular formula is C16H17F3N3O4+. The third-order valence-corrected chi connectivity index (χ3v) is 3.44. The third-order valence-electron chi connectivity index (χ3n) is 3.44. The van der Waals surface area contributed by atoms with Gasteiger partial charge in [0.15, 0.2) is 5.76 Å². The monoisotopic (exact) mass is 372 g/mol. The molecule has 3 N–H and O–H groups in total. The predicted octanol–water partition coefficient (Wildman–Crippen LogP) is 0.990. The Balaban J connectivity index is 2.36. The molecule has 1 atom stereocenters. The van der Waals surface area contributed by atoms with Crippen molar-refractivity contribution in [3.8, 4) is 0 Å². The Kier molecular flexibility index (Phi) is 5.98. The Morgan fingerprint density at radius 2 is 2.04 bits per heavy atom. The number of halogens is 3. The number of nitrogens with two attached hydrogens (primary N) is 1. The summed E-state index contributed by atoms with van der Waals surface area (Å²) < 4.78 is 51.0. The molecule has 7 nitrogen and oxygen atoms in total. The molecule has 0 bridgehead atoms. The lowest BCUT2D eigenvalue weighted by Crippen LogP contribution is -3.06. The third kappa shape index (κ3) is 4.20. The first kappa shape index (κ1) is 19.4. The van der Waals surface area contributed by atoms with Gasteiger partial charge < -0.3 is 14.5 Å². The highest BCUT2D eigenvalue weighted by atomic mass is 19.4. The fourth-order valence-electron chi connectivity index (χ4n) is 2.16. The van der Waals surface area contributed by atoms with Crippen LogP contribution in [0.3, 0.4) is 0 Å². The zero-order valence-electron chi connectivity index (χ0n) is 13.7. The van der Waals surface area contributed by atoms with Crippen LogP contribution in [0, 0.1) is 0 Å². The van der Waals surface area contributed by atoms with Crippen LogP contribution in [0.15, 0.2) is 47.2 Å². The summed E-state index contributed by atoms with van der Waals surface area (Å²) in [6.45, 7) is 0.758. The number of nitrogens with zero attached hydrogens (tertiary/aromatic N) is 1. The molecule has 0 spiro atoms. The number of esters is 1. The second kappa shape index (κ2) is 8.00. The largest absolute Gasteiger partial charge is 0.478 e. The van der Waals surface area contributed by atoms with Gasteiger partial charge in [-0.3, -0.25) is 15.1 Å². The van der Waals surface area contributed by atoms with Crippen molar-refractivity contribution in [3.63, 3.8) is 0 Å². The number of hydrogen-bond donors (Lipinski definition) is 2. The maximum absolute atomic E-state index is 13.9. The van der Waals surface area contributed by atoms with E-state index in [-0.39, 0.29) is 24.6 Å². The number of hydrogen-bond acceptors (Lipinski definition) is 5. The van der Waals surface area contributed by atoms with E-state index < -0.39 is 23.7 Å². The molecular weight excluding hydrogens is 355 g/mol. The van der Waals surface area contributed by atoms with Crippen molar-refractivity contribution in [3.05, 3.63) is 54.2 Å². The molecule has 0 aliphatic heterocycles. The predicted molar refractivity (Wildman–Crippen MR) is 81.5 cm³/mol. The molecule has 0 aromatic carbocycles. The SMILES string of the molecule is CCOC(=O)[C@](NC(=O)c1ccco1)([NH2+]Cc1ccccn1)C(F)(F)F. The summed E-state index contributed by atoms with van der Waals surface area (Å²) in [6, 6.07) is 7.21. The van der Waals surface area contributed by atoms with E-state index in [1.165, 1.54) is 31.3 Å². The summed E-state index contributed by atoms with van der Waals surface area (Å²) in [5, 5.41) is 2.35. The van der Waals surface area contributed by atoms with Gasteiger partial charge in [0.25, 0.3) is 5.91 Å². The second-order valence-electron chi connectivity index (χ2n) is 5.19. The molecule has 0 unspecified atom stereocenters. The van der Waals surface area contributed by atoms with Crippen LogP contribution in [0.25, 0.3) is 0 Å². The van der Waals surface area contributed by atoms with Crippen LogP contribution in [0.4, 0.5) is 13.2 Å². The second-order valence-corrected chi connectivity index (χ2v) is 5.19. The van der Waals surface area contributed by atoms with Gasteiger partial charge in [0.2, 0.25) is 0 Å². The Labute approximate surface area is 146 Å². The Hall–Kier alpha value is -2.88. The van der Waals surface area contributed by atoms with E-state index in [0.29, 0.717) is 5.32 Å². The number of carbonyl (C=O) groups excluding carboxylic acids is 2. The number of carbonyl (C=O) groups is 2. The summed E-state index contributed by atoms with van der Waals surface area (Å²) in [5.41, 5.74) is -3.05. The number of furan rings is 1. The van der Waals surface area contributed by atoms with Gasteiger partial charge in [0.1, 0.15) is 6.54 Å². The fourth-order valence-corrected chi connectivity index (χ4v) is 2.16. The maximum atomic E-state index is 13.9. The number of pyridine rings is 1. The van der Waals surface area contributed by atoms with Crippen molar-refractivity contribution in [1.82, 2.24) is 10.3 Å². The van der Waals surface area contributed by atoms with E-state index >= 15 is 0 Å². The molecule has 140 valence electrons. The molecule has 2 aromatic heterocycles. The number of amides is 1. The first-order valence-corrected chi connectivity index (χ1v) is 7.64.